The van der Waals surface area contributed by atoms with Crippen molar-refractivity contribution < 1.29 is 0 Å². The first-order valence-electron chi connectivity index (χ1n) is 9.41. The van der Waals surface area contributed by atoms with Crippen LogP contribution in [0.4, 0.5) is 22.7 Å². The van der Waals surface area contributed by atoms with Crippen LogP contribution in [0.15, 0.2) is 114 Å². The van der Waals surface area contributed by atoms with Crippen molar-refractivity contribution in [2.24, 2.45) is 4.99 Å². The Morgan fingerprint density at radius 2 is 1.07 bits per heavy atom. The van der Waals surface area contributed by atoms with Gasteiger partial charge in [-0.15, -0.1) is 0 Å². The van der Waals surface area contributed by atoms with Crippen LogP contribution < -0.4 is 4.90 Å². The van der Waals surface area contributed by atoms with Crippen LogP contribution in [0.5, 0.6) is 0 Å². The second-order valence-electron chi connectivity index (χ2n) is 6.69. The van der Waals surface area contributed by atoms with Crippen molar-refractivity contribution in [1.82, 2.24) is 0 Å². The molecule has 0 heterocycles. The summed E-state index contributed by atoms with van der Waals surface area (Å²) in [6.45, 7) is 2.08. The number of hydrogen-bond donors (Lipinski definition) is 0. The molecule has 0 aromatic heterocycles. The van der Waals surface area contributed by atoms with E-state index in [1.54, 1.807) is 0 Å². The average molecular weight is 362 g/mol. The molecule has 4 rings (SSSR count). The fourth-order valence-corrected chi connectivity index (χ4v) is 3.09. The van der Waals surface area contributed by atoms with E-state index < -0.39 is 0 Å². The monoisotopic (exact) mass is 362 g/mol. The molecule has 0 saturated heterocycles. The van der Waals surface area contributed by atoms with E-state index in [1.807, 2.05) is 30.5 Å². The largest absolute Gasteiger partial charge is 0.311 e. The zero-order valence-corrected chi connectivity index (χ0v) is 15.9. The van der Waals surface area contributed by atoms with Crippen LogP contribution in [0.1, 0.15) is 11.1 Å². The van der Waals surface area contributed by atoms with Crippen molar-refractivity contribution in [3.63, 3.8) is 0 Å². The topological polar surface area (TPSA) is 15.6 Å². The molecule has 0 atom stereocenters. The van der Waals surface area contributed by atoms with Gasteiger partial charge in [0.25, 0.3) is 0 Å². The molecular formula is C26H22N2. The third-order valence-electron chi connectivity index (χ3n) is 4.58. The molecule has 0 amide bonds. The number of nitrogens with zero attached hydrogens (tertiary/aromatic N) is 2. The van der Waals surface area contributed by atoms with E-state index in [1.165, 1.54) is 5.56 Å². The van der Waals surface area contributed by atoms with Crippen molar-refractivity contribution >= 4 is 29.0 Å². The van der Waals surface area contributed by atoms with Gasteiger partial charge in [0.15, 0.2) is 0 Å². The molecule has 0 saturated carbocycles. The lowest BCUT2D eigenvalue weighted by atomic mass is 10.1. The molecule has 0 radical (unpaired) electrons. The number of aryl methyl sites for hydroxylation is 1. The van der Waals surface area contributed by atoms with E-state index in [9.17, 15) is 0 Å². The lowest BCUT2D eigenvalue weighted by Crippen LogP contribution is -2.09. The second-order valence-corrected chi connectivity index (χ2v) is 6.69. The van der Waals surface area contributed by atoms with Gasteiger partial charge in [-0.3, -0.25) is 4.99 Å². The van der Waals surface area contributed by atoms with E-state index >= 15 is 0 Å². The predicted molar refractivity (Wildman–Crippen MR) is 120 cm³/mol. The first-order chi connectivity index (χ1) is 13.8. The number of benzene rings is 4. The highest BCUT2D eigenvalue weighted by molar-refractivity contribution is 5.84. The van der Waals surface area contributed by atoms with Crippen molar-refractivity contribution in [3.8, 4) is 0 Å². The van der Waals surface area contributed by atoms with Crippen molar-refractivity contribution in [3.05, 3.63) is 120 Å². The quantitative estimate of drug-likeness (QED) is 0.342. The van der Waals surface area contributed by atoms with Crippen LogP contribution in [0.25, 0.3) is 0 Å². The highest BCUT2D eigenvalue weighted by atomic mass is 15.1. The van der Waals surface area contributed by atoms with Gasteiger partial charge in [0, 0.05) is 23.3 Å². The van der Waals surface area contributed by atoms with E-state index in [4.69, 9.17) is 0 Å². The lowest BCUT2D eigenvalue weighted by Gasteiger charge is -2.25. The van der Waals surface area contributed by atoms with E-state index in [0.29, 0.717) is 0 Å². The number of hydrogen-bond acceptors (Lipinski definition) is 2. The van der Waals surface area contributed by atoms with Crippen LogP contribution in [0, 0.1) is 6.92 Å². The Morgan fingerprint density at radius 3 is 1.61 bits per heavy atom. The SMILES string of the molecule is Cc1ccc(/N=C/c2ccc(N(c3ccccc3)c3ccccc3)cc2)cc1. The molecule has 2 heteroatoms. The summed E-state index contributed by atoms with van der Waals surface area (Å²) in [6.07, 6.45) is 1.91. The van der Waals surface area contributed by atoms with E-state index in [-0.39, 0.29) is 0 Å². The summed E-state index contributed by atoms with van der Waals surface area (Å²) in [5, 5.41) is 0. The fraction of sp³-hybridized carbons (Fsp3) is 0.0385. The molecule has 0 spiro atoms. The van der Waals surface area contributed by atoms with Crippen LogP contribution in [-0.2, 0) is 0 Å². The maximum Gasteiger partial charge on any atom is 0.0630 e. The van der Waals surface area contributed by atoms with Crippen LogP contribution in [0.2, 0.25) is 0 Å². The van der Waals surface area contributed by atoms with Crippen LogP contribution in [-0.4, -0.2) is 6.21 Å². The number of aliphatic imine (C=N–C) groups is 1. The van der Waals surface area contributed by atoms with Gasteiger partial charge in [0.05, 0.1) is 5.69 Å². The molecule has 0 unspecified atom stereocenters. The third-order valence-corrected chi connectivity index (χ3v) is 4.58. The Bertz CT molecular complexity index is 996. The molecule has 0 bridgehead atoms. The minimum Gasteiger partial charge on any atom is -0.311 e. The molecule has 0 aliphatic rings. The smallest absolute Gasteiger partial charge is 0.0630 e. The molecular weight excluding hydrogens is 340 g/mol. The van der Waals surface area contributed by atoms with E-state index in [2.05, 4.69) is 102 Å². The molecule has 0 aliphatic heterocycles. The maximum atomic E-state index is 4.57. The standard InChI is InChI=1S/C26H22N2/c1-21-12-16-23(17-13-21)27-20-22-14-18-26(19-15-22)28(24-8-4-2-5-9-24)25-10-6-3-7-11-25/h2-20H,1H3/b27-20+. The molecule has 4 aromatic rings. The summed E-state index contributed by atoms with van der Waals surface area (Å²) in [7, 11) is 0. The van der Waals surface area contributed by atoms with Gasteiger partial charge in [0.1, 0.15) is 0 Å². The summed E-state index contributed by atoms with van der Waals surface area (Å²) in [5.41, 5.74) is 6.66. The molecule has 2 nitrogen and oxygen atoms in total. The molecule has 0 N–H and O–H groups in total. The highest BCUT2D eigenvalue weighted by Gasteiger charge is 2.11. The van der Waals surface area contributed by atoms with Crippen molar-refractivity contribution in [2.45, 2.75) is 6.92 Å². The molecule has 4 aromatic carbocycles. The van der Waals surface area contributed by atoms with E-state index in [0.717, 1.165) is 28.3 Å². The summed E-state index contributed by atoms with van der Waals surface area (Å²) in [4.78, 5) is 6.82. The zero-order valence-electron chi connectivity index (χ0n) is 15.9. The first-order valence-corrected chi connectivity index (χ1v) is 9.41. The van der Waals surface area contributed by atoms with Crippen LogP contribution in [0.3, 0.4) is 0 Å². The molecule has 136 valence electrons. The normalized spacial score (nSPS) is 10.9. The maximum absolute atomic E-state index is 4.57. The van der Waals surface area contributed by atoms with Gasteiger partial charge in [0.2, 0.25) is 0 Å². The Labute approximate surface area is 166 Å². The minimum atomic E-state index is 0.963. The summed E-state index contributed by atoms with van der Waals surface area (Å²) < 4.78 is 0. The van der Waals surface area contributed by atoms with Crippen LogP contribution >= 0.6 is 0 Å². The third kappa shape index (κ3) is 4.18. The fourth-order valence-electron chi connectivity index (χ4n) is 3.09. The Morgan fingerprint density at radius 1 is 0.571 bits per heavy atom. The average Bonchev–Trinajstić information content (AvgIpc) is 2.76. The molecule has 0 fully saturated rings. The summed E-state index contributed by atoms with van der Waals surface area (Å²) in [5.74, 6) is 0. The summed E-state index contributed by atoms with van der Waals surface area (Å²) in [6, 6.07) is 37.5. The Hall–Kier alpha value is -3.65. The van der Waals surface area contributed by atoms with Crippen molar-refractivity contribution in [2.75, 3.05) is 4.90 Å². The second kappa shape index (κ2) is 8.36. The minimum absolute atomic E-state index is 0.963. The Kier molecular flexibility index (Phi) is 5.30. The van der Waals surface area contributed by atoms with Gasteiger partial charge in [-0.05, 0) is 61.0 Å². The van der Waals surface area contributed by atoms with Gasteiger partial charge in [-0.25, -0.2) is 0 Å². The van der Waals surface area contributed by atoms with Gasteiger partial charge >= 0.3 is 0 Å². The lowest BCUT2D eigenvalue weighted by molar-refractivity contribution is 1.28. The Balaban J connectivity index is 1.62. The van der Waals surface area contributed by atoms with Gasteiger partial charge in [-0.1, -0.05) is 66.2 Å². The highest BCUT2D eigenvalue weighted by Crippen LogP contribution is 2.33. The van der Waals surface area contributed by atoms with Gasteiger partial charge < -0.3 is 4.90 Å². The first kappa shape index (κ1) is 17.7. The predicted octanol–water partition coefficient (Wildman–Crippen LogP) is 7.22. The molecule has 28 heavy (non-hydrogen) atoms. The zero-order chi connectivity index (χ0) is 19.2. The number of para-hydroxylation sites is 2. The van der Waals surface area contributed by atoms with Crippen molar-refractivity contribution in [1.29, 1.82) is 0 Å². The number of rotatable bonds is 5. The van der Waals surface area contributed by atoms with Gasteiger partial charge in [-0.2, -0.15) is 0 Å². The number of anilines is 3. The molecule has 0 aliphatic carbocycles. The summed E-state index contributed by atoms with van der Waals surface area (Å²) >= 11 is 0.